The predicted octanol–water partition coefficient (Wildman–Crippen LogP) is 3.54. The van der Waals surface area contributed by atoms with Gasteiger partial charge in [0.15, 0.2) is 11.6 Å². The standard InChI is InChI=1S/C19H18FN3O3.ClH/c20-15-3-1-2-4-16(15)25-12-13-5-7-14(8-6-13)18-22-19(26-23-18)17-11-21-9-10-24-17;/h1-8,17,21H,9-12H2;1H/t17-;/m1./s1. The molecule has 1 N–H and O–H groups in total. The van der Waals surface area contributed by atoms with Crippen LogP contribution in [0.1, 0.15) is 17.6 Å². The van der Waals surface area contributed by atoms with Crippen molar-refractivity contribution >= 4 is 12.4 Å². The number of halogens is 2. The number of hydrogen-bond donors (Lipinski definition) is 1. The van der Waals surface area contributed by atoms with Gasteiger partial charge in [-0.3, -0.25) is 0 Å². The lowest BCUT2D eigenvalue weighted by atomic mass is 10.1. The minimum atomic E-state index is -0.372. The van der Waals surface area contributed by atoms with Crippen LogP contribution in [0.15, 0.2) is 53.1 Å². The third-order valence-corrected chi connectivity index (χ3v) is 4.09. The fourth-order valence-electron chi connectivity index (χ4n) is 2.68. The van der Waals surface area contributed by atoms with Crippen LogP contribution in [-0.2, 0) is 11.3 Å². The van der Waals surface area contributed by atoms with Crippen LogP contribution < -0.4 is 10.1 Å². The Kier molecular flexibility index (Phi) is 6.39. The molecule has 0 spiro atoms. The zero-order chi connectivity index (χ0) is 17.8. The van der Waals surface area contributed by atoms with Gasteiger partial charge in [-0.15, -0.1) is 12.4 Å². The smallest absolute Gasteiger partial charge is 0.257 e. The van der Waals surface area contributed by atoms with Crippen LogP contribution in [0.25, 0.3) is 11.4 Å². The van der Waals surface area contributed by atoms with Gasteiger partial charge in [0.25, 0.3) is 5.89 Å². The maximum atomic E-state index is 13.6. The molecule has 0 aliphatic carbocycles. The average Bonchev–Trinajstić information content (AvgIpc) is 3.19. The summed E-state index contributed by atoms with van der Waals surface area (Å²) in [7, 11) is 0. The normalized spacial score (nSPS) is 16.6. The van der Waals surface area contributed by atoms with E-state index in [1.807, 2.05) is 24.3 Å². The van der Waals surface area contributed by atoms with Gasteiger partial charge in [-0.25, -0.2) is 4.39 Å². The molecule has 0 radical (unpaired) electrons. The van der Waals surface area contributed by atoms with Gasteiger partial charge in [0.05, 0.1) is 6.61 Å². The third-order valence-electron chi connectivity index (χ3n) is 4.09. The fraction of sp³-hybridized carbons (Fsp3) is 0.263. The summed E-state index contributed by atoms with van der Waals surface area (Å²) in [6.45, 7) is 2.39. The number of ether oxygens (including phenoxy) is 2. The molecule has 2 aromatic carbocycles. The van der Waals surface area contributed by atoms with Crippen molar-refractivity contribution in [1.82, 2.24) is 15.5 Å². The van der Waals surface area contributed by atoms with Crippen molar-refractivity contribution in [3.8, 4) is 17.1 Å². The highest BCUT2D eigenvalue weighted by atomic mass is 35.5. The van der Waals surface area contributed by atoms with E-state index >= 15 is 0 Å². The first-order chi connectivity index (χ1) is 12.8. The largest absolute Gasteiger partial charge is 0.486 e. The monoisotopic (exact) mass is 391 g/mol. The lowest BCUT2D eigenvalue weighted by Gasteiger charge is -2.19. The average molecular weight is 392 g/mol. The molecule has 6 nitrogen and oxygen atoms in total. The van der Waals surface area contributed by atoms with Gasteiger partial charge >= 0.3 is 0 Å². The van der Waals surface area contributed by atoms with E-state index < -0.39 is 0 Å². The maximum absolute atomic E-state index is 13.6. The van der Waals surface area contributed by atoms with Gasteiger partial charge in [-0.1, -0.05) is 41.6 Å². The highest BCUT2D eigenvalue weighted by Gasteiger charge is 2.22. The maximum Gasteiger partial charge on any atom is 0.257 e. The van der Waals surface area contributed by atoms with Gasteiger partial charge in [-0.2, -0.15) is 4.98 Å². The molecule has 0 amide bonds. The number of benzene rings is 2. The summed E-state index contributed by atoms with van der Waals surface area (Å²) < 4.78 is 30.0. The number of rotatable bonds is 5. The molecule has 8 heteroatoms. The number of nitrogens with zero attached hydrogens (tertiary/aromatic N) is 2. The van der Waals surface area contributed by atoms with Crippen LogP contribution >= 0.6 is 12.4 Å². The van der Waals surface area contributed by atoms with Gasteiger partial charge in [0, 0.05) is 18.7 Å². The summed E-state index contributed by atoms with van der Waals surface area (Å²) in [5.74, 6) is 0.846. The van der Waals surface area contributed by atoms with E-state index in [2.05, 4.69) is 15.5 Å². The van der Waals surface area contributed by atoms with Gasteiger partial charge in [0.1, 0.15) is 12.7 Å². The lowest BCUT2D eigenvalue weighted by Crippen LogP contribution is -2.33. The Morgan fingerprint density at radius 3 is 2.70 bits per heavy atom. The van der Waals surface area contributed by atoms with Crippen LogP contribution in [0.4, 0.5) is 4.39 Å². The van der Waals surface area contributed by atoms with E-state index in [1.54, 1.807) is 18.2 Å². The minimum Gasteiger partial charge on any atom is -0.486 e. The van der Waals surface area contributed by atoms with Crippen molar-refractivity contribution < 1.29 is 18.4 Å². The number of para-hydroxylation sites is 1. The van der Waals surface area contributed by atoms with Crippen molar-refractivity contribution in [3.63, 3.8) is 0 Å². The Morgan fingerprint density at radius 2 is 1.96 bits per heavy atom. The summed E-state index contributed by atoms with van der Waals surface area (Å²) in [6, 6.07) is 13.9. The third kappa shape index (κ3) is 4.63. The molecule has 2 heterocycles. The molecule has 4 rings (SSSR count). The van der Waals surface area contributed by atoms with Gasteiger partial charge in [-0.05, 0) is 17.7 Å². The van der Waals surface area contributed by atoms with Gasteiger partial charge < -0.3 is 19.3 Å². The van der Waals surface area contributed by atoms with E-state index in [9.17, 15) is 4.39 Å². The molecule has 1 aromatic heterocycles. The summed E-state index contributed by atoms with van der Waals surface area (Å²) in [5.41, 5.74) is 1.75. The van der Waals surface area contributed by atoms with Crippen LogP contribution in [0, 0.1) is 5.82 Å². The molecule has 3 aromatic rings. The van der Waals surface area contributed by atoms with E-state index in [0.29, 0.717) is 24.9 Å². The highest BCUT2D eigenvalue weighted by Crippen LogP contribution is 2.23. The summed E-state index contributed by atoms with van der Waals surface area (Å²) in [4.78, 5) is 4.42. The molecule has 1 fully saturated rings. The first kappa shape index (κ1) is 19.3. The van der Waals surface area contributed by atoms with Crippen molar-refractivity contribution in [1.29, 1.82) is 0 Å². The van der Waals surface area contributed by atoms with Crippen LogP contribution in [0.5, 0.6) is 5.75 Å². The Morgan fingerprint density at radius 1 is 1.15 bits per heavy atom. The van der Waals surface area contributed by atoms with E-state index in [0.717, 1.165) is 17.7 Å². The van der Waals surface area contributed by atoms with Crippen molar-refractivity contribution in [2.75, 3.05) is 19.7 Å². The quantitative estimate of drug-likeness (QED) is 0.717. The van der Waals surface area contributed by atoms with Gasteiger partial charge in [0.2, 0.25) is 5.82 Å². The van der Waals surface area contributed by atoms with Crippen LogP contribution in [0.3, 0.4) is 0 Å². The molecule has 27 heavy (non-hydrogen) atoms. The van der Waals surface area contributed by atoms with Crippen LogP contribution in [-0.4, -0.2) is 29.8 Å². The Hall–Kier alpha value is -2.48. The number of morpholine rings is 1. The number of aromatic nitrogens is 2. The summed E-state index contributed by atoms with van der Waals surface area (Å²) in [5, 5.41) is 7.25. The first-order valence-electron chi connectivity index (χ1n) is 8.42. The zero-order valence-corrected chi connectivity index (χ0v) is 15.2. The second kappa shape index (κ2) is 8.94. The molecular weight excluding hydrogens is 373 g/mol. The number of nitrogens with one attached hydrogen (secondary N) is 1. The van der Waals surface area contributed by atoms with Crippen LogP contribution in [0.2, 0.25) is 0 Å². The zero-order valence-electron chi connectivity index (χ0n) is 14.4. The van der Waals surface area contributed by atoms with Crippen molar-refractivity contribution in [2.24, 2.45) is 0 Å². The SMILES string of the molecule is Cl.Fc1ccccc1OCc1ccc(-c2noc([C@H]3CNCCO3)n2)cc1. The molecule has 0 bridgehead atoms. The molecule has 1 saturated heterocycles. The van der Waals surface area contributed by atoms with E-state index in [1.165, 1.54) is 6.07 Å². The fourth-order valence-corrected chi connectivity index (χ4v) is 2.68. The molecule has 0 unspecified atom stereocenters. The first-order valence-corrected chi connectivity index (χ1v) is 8.42. The number of hydrogen-bond acceptors (Lipinski definition) is 6. The summed E-state index contributed by atoms with van der Waals surface area (Å²) >= 11 is 0. The molecule has 1 atom stereocenters. The molecule has 1 aliphatic heterocycles. The second-order valence-electron chi connectivity index (χ2n) is 5.94. The topological polar surface area (TPSA) is 69.4 Å². The molecular formula is C19H19ClFN3O3. The Bertz CT molecular complexity index is 867. The molecule has 142 valence electrons. The lowest BCUT2D eigenvalue weighted by molar-refractivity contribution is 0.00755. The Labute approximate surface area is 162 Å². The minimum absolute atomic E-state index is 0. The second-order valence-corrected chi connectivity index (χ2v) is 5.94. The predicted molar refractivity (Wildman–Crippen MR) is 99.3 cm³/mol. The molecule has 0 saturated carbocycles. The van der Waals surface area contributed by atoms with Crippen molar-refractivity contribution in [3.05, 3.63) is 65.8 Å². The summed E-state index contributed by atoms with van der Waals surface area (Å²) in [6.07, 6.45) is -0.210. The Balaban J connectivity index is 0.00000210. The van der Waals surface area contributed by atoms with Crippen molar-refractivity contribution in [2.45, 2.75) is 12.7 Å². The molecule has 1 aliphatic rings. The highest BCUT2D eigenvalue weighted by molar-refractivity contribution is 5.85. The van der Waals surface area contributed by atoms with E-state index in [-0.39, 0.29) is 36.7 Å². The van der Waals surface area contributed by atoms with E-state index in [4.69, 9.17) is 14.0 Å².